The first-order chi connectivity index (χ1) is 10.6. The quantitative estimate of drug-likeness (QED) is 0.946. The maximum atomic E-state index is 10.9. The largest absolute Gasteiger partial charge is 0.492 e. The maximum absolute atomic E-state index is 10.9. The first kappa shape index (κ1) is 14.6. The molecule has 2 aromatic carbocycles. The zero-order valence-electron chi connectivity index (χ0n) is 12.6. The zero-order chi connectivity index (χ0) is 15.5. The van der Waals surface area contributed by atoms with E-state index in [4.69, 9.17) is 9.84 Å². The van der Waals surface area contributed by atoms with Crippen LogP contribution in [0.5, 0.6) is 5.75 Å². The average molecular weight is 297 g/mol. The highest BCUT2D eigenvalue weighted by atomic mass is 16.5. The van der Waals surface area contributed by atoms with Crippen molar-refractivity contribution in [2.45, 2.75) is 20.0 Å². The molecule has 0 spiro atoms. The molecule has 0 atom stereocenters. The fraction of sp³-hybridized carbons (Fsp3) is 0.278. The normalized spacial score (nSPS) is 14.8. The Morgan fingerprint density at radius 3 is 2.73 bits per heavy atom. The lowest BCUT2D eigenvalue weighted by Gasteiger charge is -2.19. The summed E-state index contributed by atoms with van der Waals surface area (Å²) in [7, 11) is 0. The van der Waals surface area contributed by atoms with Crippen molar-refractivity contribution in [3.05, 3.63) is 64.7 Å². The standard InChI is InChI=1S/C18H19NO3/c1-13-2-7-17-16(10-13)12-19(8-9-22-17)11-14-3-5-15(6-4-14)18(20)21/h2-7,10H,8-9,11-12H2,1H3,(H,20,21). The summed E-state index contributed by atoms with van der Waals surface area (Å²) < 4.78 is 5.80. The van der Waals surface area contributed by atoms with E-state index in [0.29, 0.717) is 12.2 Å². The van der Waals surface area contributed by atoms with E-state index < -0.39 is 5.97 Å². The zero-order valence-corrected chi connectivity index (χ0v) is 12.6. The molecule has 1 N–H and O–H groups in total. The smallest absolute Gasteiger partial charge is 0.335 e. The summed E-state index contributed by atoms with van der Waals surface area (Å²) in [5.41, 5.74) is 3.87. The summed E-state index contributed by atoms with van der Waals surface area (Å²) >= 11 is 0. The van der Waals surface area contributed by atoms with E-state index in [1.54, 1.807) is 12.1 Å². The molecular formula is C18H19NO3. The lowest BCUT2D eigenvalue weighted by molar-refractivity contribution is 0.0697. The number of fused-ring (bicyclic) bond motifs is 1. The van der Waals surface area contributed by atoms with Gasteiger partial charge in [-0.2, -0.15) is 0 Å². The van der Waals surface area contributed by atoms with Gasteiger partial charge in [0.15, 0.2) is 0 Å². The lowest BCUT2D eigenvalue weighted by atomic mass is 10.1. The number of hydrogen-bond acceptors (Lipinski definition) is 3. The van der Waals surface area contributed by atoms with Gasteiger partial charge in [-0.3, -0.25) is 4.90 Å². The Morgan fingerprint density at radius 2 is 2.00 bits per heavy atom. The van der Waals surface area contributed by atoms with Gasteiger partial charge in [-0.05, 0) is 30.7 Å². The second-order valence-corrected chi connectivity index (χ2v) is 5.67. The monoisotopic (exact) mass is 297 g/mol. The van der Waals surface area contributed by atoms with E-state index in [1.165, 1.54) is 11.1 Å². The van der Waals surface area contributed by atoms with Crippen molar-refractivity contribution in [2.24, 2.45) is 0 Å². The van der Waals surface area contributed by atoms with Crippen molar-refractivity contribution in [3.63, 3.8) is 0 Å². The predicted molar refractivity (Wildman–Crippen MR) is 84.2 cm³/mol. The third kappa shape index (κ3) is 3.28. The van der Waals surface area contributed by atoms with E-state index >= 15 is 0 Å². The SMILES string of the molecule is Cc1ccc2c(c1)CN(Cc1ccc(C(=O)O)cc1)CCO2. The number of hydrogen-bond donors (Lipinski definition) is 1. The molecular weight excluding hydrogens is 278 g/mol. The van der Waals surface area contributed by atoms with Crippen LogP contribution in [-0.2, 0) is 13.1 Å². The van der Waals surface area contributed by atoms with Gasteiger partial charge in [0.25, 0.3) is 0 Å². The van der Waals surface area contributed by atoms with Crippen molar-refractivity contribution in [1.29, 1.82) is 0 Å². The van der Waals surface area contributed by atoms with E-state index in [0.717, 1.165) is 30.9 Å². The summed E-state index contributed by atoms with van der Waals surface area (Å²) in [6.45, 7) is 5.24. The van der Waals surface area contributed by atoms with Crippen LogP contribution in [0.3, 0.4) is 0 Å². The molecule has 4 nitrogen and oxygen atoms in total. The molecule has 22 heavy (non-hydrogen) atoms. The molecule has 2 aromatic rings. The summed E-state index contributed by atoms with van der Waals surface area (Å²) in [6.07, 6.45) is 0. The van der Waals surface area contributed by atoms with Gasteiger partial charge in [-0.1, -0.05) is 29.8 Å². The van der Waals surface area contributed by atoms with E-state index in [1.807, 2.05) is 18.2 Å². The van der Waals surface area contributed by atoms with Crippen molar-refractivity contribution in [3.8, 4) is 5.75 Å². The molecule has 0 saturated heterocycles. The van der Waals surface area contributed by atoms with Crippen LogP contribution in [-0.4, -0.2) is 29.1 Å². The van der Waals surface area contributed by atoms with Crippen LogP contribution in [0.2, 0.25) is 0 Å². The number of carbonyl (C=O) groups is 1. The minimum atomic E-state index is -0.890. The van der Waals surface area contributed by atoms with E-state index in [9.17, 15) is 4.79 Å². The fourth-order valence-corrected chi connectivity index (χ4v) is 2.72. The fourth-order valence-electron chi connectivity index (χ4n) is 2.72. The molecule has 114 valence electrons. The molecule has 1 heterocycles. The van der Waals surface area contributed by atoms with Gasteiger partial charge in [-0.25, -0.2) is 4.79 Å². The molecule has 4 heteroatoms. The molecule has 0 radical (unpaired) electrons. The van der Waals surface area contributed by atoms with Crippen LogP contribution in [0, 0.1) is 6.92 Å². The minimum absolute atomic E-state index is 0.323. The minimum Gasteiger partial charge on any atom is -0.492 e. The number of rotatable bonds is 3. The number of carboxylic acid groups (broad SMARTS) is 1. The van der Waals surface area contributed by atoms with E-state index in [2.05, 4.69) is 24.0 Å². The Morgan fingerprint density at radius 1 is 1.23 bits per heavy atom. The number of aromatic carboxylic acids is 1. The highest BCUT2D eigenvalue weighted by molar-refractivity contribution is 5.87. The first-order valence-electron chi connectivity index (χ1n) is 7.39. The molecule has 0 bridgehead atoms. The third-order valence-corrected chi connectivity index (χ3v) is 3.88. The molecule has 0 saturated carbocycles. The summed E-state index contributed by atoms with van der Waals surface area (Å²) in [5, 5.41) is 8.94. The highest BCUT2D eigenvalue weighted by Gasteiger charge is 2.15. The Balaban J connectivity index is 1.74. The Hall–Kier alpha value is -2.33. The van der Waals surface area contributed by atoms with Gasteiger partial charge < -0.3 is 9.84 Å². The topological polar surface area (TPSA) is 49.8 Å². The van der Waals surface area contributed by atoms with Crippen LogP contribution in [0.4, 0.5) is 0 Å². The molecule has 1 aliphatic rings. The van der Waals surface area contributed by atoms with Crippen LogP contribution >= 0.6 is 0 Å². The Bertz CT molecular complexity index is 679. The average Bonchev–Trinajstić information content (AvgIpc) is 2.69. The number of nitrogens with zero attached hydrogens (tertiary/aromatic N) is 1. The number of ether oxygens (including phenoxy) is 1. The molecule has 0 fully saturated rings. The highest BCUT2D eigenvalue weighted by Crippen LogP contribution is 2.25. The van der Waals surface area contributed by atoms with Crippen molar-refractivity contribution < 1.29 is 14.6 Å². The van der Waals surface area contributed by atoms with Gasteiger partial charge >= 0.3 is 5.97 Å². The summed E-state index contributed by atoms with van der Waals surface area (Å²) in [4.78, 5) is 13.2. The second kappa shape index (κ2) is 6.20. The second-order valence-electron chi connectivity index (χ2n) is 5.67. The Kier molecular flexibility index (Phi) is 4.11. The van der Waals surface area contributed by atoms with Gasteiger partial charge in [0.1, 0.15) is 12.4 Å². The maximum Gasteiger partial charge on any atom is 0.335 e. The van der Waals surface area contributed by atoms with Crippen LogP contribution < -0.4 is 4.74 Å². The van der Waals surface area contributed by atoms with Crippen molar-refractivity contribution in [2.75, 3.05) is 13.2 Å². The molecule has 0 aromatic heterocycles. The molecule has 1 aliphatic heterocycles. The number of aryl methyl sites for hydroxylation is 1. The molecule has 0 amide bonds. The summed E-state index contributed by atoms with van der Waals surface area (Å²) in [6, 6.07) is 13.4. The van der Waals surface area contributed by atoms with Crippen LogP contribution in [0.1, 0.15) is 27.0 Å². The van der Waals surface area contributed by atoms with Crippen molar-refractivity contribution >= 4 is 5.97 Å². The van der Waals surface area contributed by atoms with Gasteiger partial charge in [0.05, 0.1) is 5.56 Å². The Labute approximate surface area is 130 Å². The summed E-state index contributed by atoms with van der Waals surface area (Å²) in [5.74, 6) is 0.0773. The van der Waals surface area contributed by atoms with Crippen molar-refractivity contribution in [1.82, 2.24) is 4.90 Å². The van der Waals surface area contributed by atoms with Gasteiger partial charge in [0, 0.05) is 25.2 Å². The van der Waals surface area contributed by atoms with E-state index in [-0.39, 0.29) is 0 Å². The van der Waals surface area contributed by atoms with Crippen LogP contribution in [0.15, 0.2) is 42.5 Å². The third-order valence-electron chi connectivity index (χ3n) is 3.88. The van der Waals surface area contributed by atoms with Gasteiger partial charge in [0.2, 0.25) is 0 Å². The number of benzene rings is 2. The molecule has 3 rings (SSSR count). The predicted octanol–water partition coefficient (Wildman–Crippen LogP) is 3.09. The first-order valence-corrected chi connectivity index (χ1v) is 7.39. The lowest BCUT2D eigenvalue weighted by Crippen LogP contribution is -2.25. The molecule has 0 unspecified atom stereocenters. The molecule has 0 aliphatic carbocycles. The number of carboxylic acids is 1. The van der Waals surface area contributed by atoms with Crippen LogP contribution in [0.25, 0.3) is 0 Å². The van der Waals surface area contributed by atoms with Gasteiger partial charge in [-0.15, -0.1) is 0 Å².